The number of likely N-dealkylation sites (N-methyl/N-ethyl adjacent to an activating group) is 1. The molecule has 1 fully saturated rings. The summed E-state index contributed by atoms with van der Waals surface area (Å²) in [5, 5.41) is 7.80. The first kappa shape index (κ1) is 12.6. The lowest BCUT2D eigenvalue weighted by molar-refractivity contribution is 0.0189. The van der Waals surface area contributed by atoms with E-state index in [2.05, 4.69) is 30.5 Å². The summed E-state index contributed by atoms with van der Waals surface area (Å²) in [6.45, 7) is 5.94. The fourth-order valence-corrected chi connectivity index (χ4v) is 2.37. The van der Waals surface area contributed by atoms with E-state index >= 15 is 0 Å². The molecule has 0 spiro atoms. The van der Waals surface area contributed by atoms with E-state index in [1.54, 1.807) is 0 Å². The van der Waals surface area contributed by atoms with Crippen LogP contribution in [0, 0.1) is 5.92 Å². The Labute approximate surface area is 103 Å². The van der Waals surface area contributed by atoms with Gasteiger partial charge in [0.25, 0.3) is 0 Å². The van der Waals surface area contributed by atoms with Crippen molar-refractivity contribution in [2.75, 3.05) is 13.2 Å². The highest BCUT2D eigenvalue weighted by atomic mass is 16.5. The molecule has 1 aromatic rings. The van der Waals surface area contributed by atoms with E-state index in [-0.39, 0.29) is 6.04 Å². The number of ether oxygens (including phenoxy) is 1. The van der Waals surface area contributed by atoms with Crippen LogP contribution in [0.2, 0.25) is 0 Å². The highest BCUT2D eigenvalue weighted by Gasteiger charge is 2.38. The molecule has 4 heteroatoms. The minimum Gasteiger partial charge on any atom is -0.376 e. The second-order valence-corrected chi connectivity index (χ2v) is 4.74. The minimum absolute atomic E-state index is 0.279. The molecule has 0 amide bonds. The van der Waals surface area contributed by atoms with Gasteiger partial charge in [0.2, 0.25) is 0 Å². The van der Waals surface area contributed by atoms with Gasteiger partial charge in [-0.3, -0.25) is 4.68 Å². The lowest BCUT2D eigenvalue weighted by Crippen LogP contribution is -2.35. The molecule has 1 N–H and O–H groups in total. The van der Waals surface area contributed by atoms with Crippen LogP contribution in [0.3, 0.4) is 0 Å². The van der Waals surface area contributed by atoms with Gasteiger partial charge < -0.3 is 10.1 Å². The third-order valence-electron chi connectivity index (χ3n) is 3.28. The number of hydrogen-bond acceptors (Lipinski definition) is 3. The third kappa shape index (κ3) is 3.07. The van der Waals surface area contributed by atoms with Crippen LogP contribution in [-0.4, -0.2) is 29.0 Å². The maximum atomic E-state index is 5.94. The van der Waals surface area contributed by atoms with Crippen molar-refractivity contribution in [3.8, 4) is 0 Å². The van der Waals surface area contributed by atoms with Gasteiger partial charge in [-0.1, -0.05) is 6.92 Å². The van der Waals surface area contributed by atoms with Crippen LogP contribution in [0.15, 0.2) is 12.4 Å². The molecule has 0 aliphatic heterocycles. The molecule has 0 aromatic carbocycles. The lowest BCUT2D eigenvalue weighted by atomic mass is 10.0. The van der Waals surface area contributed by atoms with Crippen molar-refractivity contribution in [1.29, 1.82) is 0 Å². The summed E-state index contributed by atoms with van der Waals surface area (Å²) in [6.07, 6.45) is 6.92. The summed E-state index contributed by atoms with van der Waals surface area (Å²) in [4.78, 5) is 0. The van der Waals surface area contributed by atoms with Crippen molar-refractivity contribution < 1.29 is 4.74 Å². The van der Waals surface area contributed by atoms with Crippen molar-refractivity contribution >= 4 is 0 Å². The number of aromatic nitrogens is 2. The van der Waals surface area contributed by atoms with Gasteiger partial charge in [-0.15, -0.1) is 0 Å². The average molecular weight is 237 g/mol. The molecule has 1 aromatic heterocycles. The Bertz CT molecular complexity index is 346. The molecule has 0 saturated heterocycles. The van der Waals surface area contributed by atoms with Gasteiger partial charge in [0.1, 0.15) is 0 Å². The Morgan fingerprint density at radius 1 is 1.53 bits per heavy atom. The smallest absolute Gasteiger partial charge is 0.0798 e. The normalized spacial score (nSPS) is 19.2. The highest BCUT2D eigenvalue weighted by molar-refractivity contribution is 5.14. The molecule has 1 aliphatic carbocycles. The fraction of sp³-hybridized carbons (Fsp3) is 0.769. The van der Waals surface area contributed by atoms with Gasteiger partial charge in [-0.2, -0.15) is 5.10 Å². The summed E-state index contributed by atoms with van der Waals surface area (Å²) in [6, 6.07) is 0.279. The maximum Gasteiger partial charge on any atom is 0.0798 e. The molecule has 4 nitrogen and oxygen atoms in total. The van der Waals surface area contributed by atoms with E-state index in [4.69, 9.17) is 4.74 Å². The molecule has 2 rings (SSSR count). The van der Waals surface area contributed by atoms with Crippen LogP contribution in [0.5, 0.6) is 0 Å². The fourth-order valence-electron chi connectivity index (χ4n) is 2.37. The Hall–Kier alpha value is -0.870. The van der Waals surface area contributed by atoms with Gasteiger partial charge in [0.15, 0.2) is 0 Å². The second kappa shape index (κ2) is 5.65. The number of aryl methyl sites for hydroxylation is 1. The minimum atomic E-state index is 0.279. The van der Waals surface area contributed by atoms with Gasteiger partial charge in [-0.05, 0) is 32.2 Å². The zero-order valence-corrected chi connectivity index (χ0v) is 11.0. The summed E-state index contributed by atoms with van der Waals surface area (Å²) < 4.78 is 7.80. The molecule has 96 valence electrons. The Balaban J connectivity index is 2.13. The van der Waals surface area contributed by atoms with Crippen molar-refractivity contribution in [2.45, 2.75) is 38.8 Å². The molecule has 2 atom stereocenters. The Kier molecular flexibility index (Phi) is 4.18. The van der Waals surface area contributed by atoms with Crippen molar-refractivity contribution in [3.05, 3.63) is 18.0 Å². The number of nitrogens with one attached hydrogen (secondary N) is 1. The summed E-state index contributed by atoms with van der Waals surface area (Å²) in [5.74, 6) is 0.721. The first-order chi connectivity index (χ1) is 8.26. The Morgan fingerprint density at radius 3 is 2.76 bits per heavy atom. The third-order valence-corrected chi connectivity index (χ3v) is 3.28. The van der Waals surface area contributed by atoms with Crippen LogP contribution in [0.25, 0.3) is 0 Å². The molecule has 0 bridgehead atoms. The van der Waals surface area contributed by atoms with E-state index in [1.807, 2.05) is 17.9 Å². The number of rotatable bonds is 7. The lowest BCUT2D eigenvalue weighted by Gasteiger charge is -2.27. The van der Waals surface area contributed by atoms with Gasteiger partial charge in [0, 0.05) is 25.4 Å². The summed E-state index contributed by atoms with van der Waals surface area (Å²) >= 11 is 0. The first-order valence-corrected chi connectivity index (χ1v) is 6.59. The quantitative estimate of drug-likeness (QED) is 0.787. The van der Waals surface area contributed by atoms with Crippen LogP contribution < -0.4 is 5.32 Å². The monoisotopic (exact) mass is 237 g/mol. The van der Waals surface area contributed by atoms with Crippen LogP contribution in [-0.2, 0) is 11.8 Å². The molecule has 1 saturated carbocycles. The highest BCUT2D eigenvalue weighted by Crippen LogP contribution is 2.39. The van der Waals surface area contributed by atoms with Crippen molar-refractivity contribution in [2.24, 2.45) is 13.0 Å². The summed E-state index contributed by atoms with van der Waals surface area (Å²) in [7, 11) is 1.96. The summed E-state index contributed by atoms with van der Waals surface area (Å²) in [5.41, 5.74) is 1.24. The molecule has 1 heterocycles. The van der Waals surface area contributed by atoms with E-state index in [9.17, 15) is 0 Å². The van der Waals surface area contributed by atoms with Gasteiger partial charge in [0.05, 0.1) is 18.3 Å². The SMILES string of the molecule is CCNC(c1cnn(C)c1)C(OCC)C1CC1. The van der Waals surface area contributed by atoms with Gasteiger partial charge >= 0.3 is 0 Å². The number of hydrogen-bond donors (Lipinski definition) is 1. The average Bonchev–Trinajstić information content (AvgIpc) is 3.06. The topological polar surface area (TPSA) is 39.1 Å². The first-order valence-electron chi connectivity index (χ1n) is 6.59. The molecular weight excluding hydrogens is 214 g/mol. The Morgan fingerprint density at radius 2 is 2.29 bits per heavy atom. The second-order valence-electron chi connectivity index (χ2n) is 4.74. The van der Waals surface area contributed by atoms with Crippen molar-refractivity contribution in [3.63, 3.8) is 0 Å². The molecule has 2 unspecified atom stereocenters. The van der Waals surface area contributed by atoms with E-state index in [0.717, 1.165) is 19.1 Å². The largest absolute Gasteiger partial charge is 0.376 e. The predicted molar refractivity (Wildman–Crippen MR) is 67.8 cm³/mol. The van der Waals surface area contributed by atoms with Crippen LogP contribution in [0.4, 0.5) is 0 Å². The van der Waals surface area contributed by atoms with E-state index < -0.39 is 0 Å². The maximum absolute atomic E-state index is 5.94. The zero-order chi connectivity index (χ0) is 12.3. The number of nitrogens with zero attached hydrogens (tertiary/aromatic N) is 2. The van der Waals surface area contributed by atoms with Crippen LogP contribution in [0.1, 0.15) is 38.3 Å². The standard InChI is InChI=1S/C13H23N3O/c1-4-14-12(11-8-15-16(3)9-11)13(17-5-2)10-6-7-10/h8-10,12-14H,4-7H2,1-3H3. The van der Waals surface area contributed by atoms with Crippen molar-refractivity contribution in [1.82, 2.24) is 15.1 Å². The van der Waals surface area contributed by atoms with E-state index in [1.165, 1.54) is 18.4 Å². The predicted octanol–water partition coefficient (Wildman–Crippen LogP) is 1.89. The molecule has 1 aliphatic rings. The van der Waals surface area contributed by atoms with Crippen LogP contribution >= 0.6 is 0 Å². The van der Waals surface area contributed by atoms with E-state index in [0.29, 0.717) is 6.10 Å². The molecular formula is C13H23N3O. The molecule has 0 radical (unpaired) electrons. The van der Waals surface area contributed by atoms with Gasteiger partial charge in [-0.25, -0.2) is 0 Å². The molecule has 17 heavy (non-hydrogen) atoms. The zero-order valence-electron chi connectivity index (χ0n) is 11.0.